The molecule has 2 nitrogen and oxygen atoms in total. The largest absolute Gasteiger partial charge is 0.341 e. The van der Waals surface area contributed by atoms with Gasteiger partial charge in [0.05, 0.1) is 10.6 Å². The summed E-state index contributed by atoms with van der Waals surface area (Å²) in [5, 5.41) is 6.27. The smallest absolute Gasteiger partial charge is 0.148 e. The molecule has 0 aliphatic rings. The molecule has 80 valence electrons. The fourth-order valence-corrected chi connectivity index (χ4v) is 2.98. The number of nitrogens with one attached hydrogen (secondary N) is 1. The average Bonchev–Trinajstić information content (AvgIpc) is 2.97. The van der Waals surface area contributed by atoms with Crippen LogP contribution in [0.25, 0.3) is 22.0 Å². The fourth-order valence-electron chi connectivity index (χ4n) is 1.67. The van der Waals surface area contributed by atoms with E-state index in [1.54, 1.807) is 22.7 Å². The van der Waals surface area contributed by atoms with Gasteiger partial charge in [-0.15, -0.1) is 11.3 Å². The van der Waals surface area contributed by atoms with Crippen molar-refractivity contribution in [2.45, 2.75) is 6.92 Å². The van der Waals surface area contributed by atoms with Gasteiger partial charge in [-0.3, -0.25) is 0 Å². The first kappa shape index (κ1) is 9.81. The van der Waals surface area contributed by atoms with E-state index in [1.165, 1.54) is 10.4 Å². The maximum absolute atomic E-state index is 4.66. The molecule has 0 bridgehead atoms. The summed E-state index contributed by atoms with van der Waals surface area (Å²) in [6, 6.07) is 6.23. The van der Waals surface area contributed by atoms with Crippen molar-refractivity contribution in [3.8, 4) is 22.0 Å². The summed E-state index contributed by atoms with van der Waals surface area (Å²) in [5.74, 6) is 0.966. The number of hydrogen-bond acceptors (Lipinski definition) is 3. The molecule has 4 heteroatoms. The highest BCUT2D eigenvalue weighted by atomic mass is 32.1. The number of hydrogen-bond donors (Lipinski definition) is 1. The molecule has 16 heavy (non-hydrogen) atoms. The third kappa shape index (κ3) is 1.60. The highest BCUT2D eigenvalue weighted by molar-refractivity contribution is 7.13. The van der Waals surface area contributed by atoms with Gasteiger partial charge in [0.15, 0.2) is 0 Å². The molecule has 3 aromatic rings. The lowest BCUT2D eigenvalue weighted by molar-refractivity contribution is 1.27. The topological polar surface area (TPSA) is 28.7 Å². The highest BCUT2D eigenvalue weighted by Crippen LogP contribution is 2.28. The number of imidazole rings is 1. The number of nitrogens with zero attached hydrogens (tertiary/aromatic N) is 1. The zero-order valence-electron chi connectivity index (χ0n) is 8.73. The molecule has 0 aliphatic heterocycles. The summed E-state index contributed by atoms with van der Waals surface area (Å²) in [7, 11) is 0. The van der Waals surface area contributed by atoms with Crippen molar-refractivity contribution in [3.63, 3.8) is 0 Å². The van der Waals surface area contributed by atoms with Crippen molar-refractivity contribution in [3.05, 3.63) is 40.0 Å². The molecule has 0 aliphatic carbocycles. The van der Waals surface area contributed by atoms with Gasteiger partial charge in [-0.05, 0) is 29.8 Å². The SMILES string of the molecule is Cc1[nH]c(-c2cccs2)nc1-c1ccsc1. The summed E-state index contributed by atoms with van der Waals surface area (Å²) in [5.41, 5.74) is 3.38. The van der Waals surface area contributed by atoms with Crippen molar-refractivity contribution in [2.75, 3.05) is 0 Å². The lowest BCUT2D eigenvalue weighted by atomic mass is 10.2. The molecule has 0 fully saturated rings. The van der Waals surface area contributed by atoms with Gasteiger partial charge in [-0.2, -0.15) is 11.3 Å². The first-order valence-electron chi connectivity index (χ1n) is 4.97. The second-order valence-electron chi connectivity index (χ2n) is 3.55. The summed E-state index contributed by atoms with van der Waals surface area (Å²) < 4.78 is 0. The summed E-state index contributed by atoms with van der Waals surface area (Å²) in [6.45, 7) is 2.07. The molecule has 3 aromatic heterocycles. The highest BCUT2D eigenvalue weighted by Gasteiger charge is 2.10. The van der Waals surface area contributed by atoms with E-state index in [-0.39, 0.29) is 0 Å². The van der Waals surface area contributed by atoms with E-state index in [0.717, 1.165) is 17.2 Å². The third-order valence-corrected chi connectivity index (χ3v) is 3.99. The number of aromatic amines is 1. The van der Waals surface area contributed by atoms with Gasteiger partial charge in [-0.25, -0.2) is 4.98 Å². The molecular formula is C12H10N2S2. The van der Waals surface area contributed by atoms with Crippen molar-refractivity contribution < 1.29 is 0 Å². The second-order valence-corrected chi connectivity index (χ2v) is 5.28. The number of rotatable bonds is 2. The number of H-pyrrole nitrogens is 1. The van der Waals surface area contributed by atoms with Crippen LogP contribution in [0.3, 0.4) is 0 Å². The molecule has 0 spiro atoms. The third-order valence-electron chi connectivity index (χ3n) is 2.43. The van der Waals surface area contributed by atoms with Crippen molar-refractivity contribution in [1.82, 2.24) is 9.97 Å². The molecule has 1 N–H and O–H groups in total. The summed E-state index contributed by atoms with van der Waals surface area (Å²) >= 11 is 3.40. The van der Waals surface area contributed by atoms with Gasteiger partial charge in [0.2, 0.25) is 0 Å². The van der Waals surface area contributed by atoms with Crippen LogP contribution in [0.1, 0.15) is 5.69 Å². The minimum absolute atomic E-state index is 0.966. The van der Waals surface area contributed by atoms with Crippen LogP contribution < -0.4 is 0 Å². The quantitative estimate of drug-likeness (QED) is 0.722. The van der Waals surface area contributed by atoms with Crippen LogP contribution in [0, 0.1) is 6.92 Å². The van der Waals surface area contributed by atoms with Crippen LogP contribution in [0.2, 0.25) is 0 Å². The van der Waals surface area contributed by atoms with E-state index in [9.17, 15) is 0 Å². The molecule has 0 saturated heterocycles. The zero-order valence-corrected chi connectivity index (χ0v) is 10.4. The molecule has 0 atom stereocenters. The Hall–Kier alpha value is -1.39. The summed E-state index contributed by atoms with van der Waals surface area (Å²) in [4.78, 5) is 9.18. The molecular weight excluding hydrogens is 236 g/mol. The molecule has 0 aromatic carbocycles. The Kier molecular flexibility index (Phi) is 2.38. The molecule has 0 saturated carbocycles. The van der Waals surface area contributed by atoms with E-state index in [1.807, 2.05) is 6.07 Å². The van der Waals surface area contributed by atoms with E-state index >= 15 is 0 Å². The Morgan fingerprint density at radius 1 is 1.25 bits per heavy atom. The van der Waals surface area contributed by atoms with E-state index < -0.39 is 0 Å². The standard InChI is InChI=1S/C12H10N2S2/c1-8-11(9-4-6-15-7-9)14-12(13-8)10-3-2-5-16-10/h2-7H,1H3,(H,13,14). The van der Waals surface area contributed by atoms with E-state index in [2.05, 4.69) is 45.2 Å². The fraction of sp³-hybridized carbons (Fsp3) is 0.0833. The van der Waals surface area contributed by atoms with Gasteiger partial charge in [0, 0.05) is 16.6 Å². The molecule has 0 amide bonds. The van der Waals surface area contributed by atoms with Crippen LogP contribution in [0.5, 0.6) is 0 Å². The summed E-state index contributed by atoms with van der Waals surface area (Å²) in [6.07, 6.45) is 0. The number of aromatic nitrogens is 2. The van der Waals surface area contributed by atoms with Crippen LogP contribution in [-0.2, 0) is 0 Å². The normalized spacial score (nSPS) is 10.8. The Balaban J connectivity index is 2.09. The van der Waals surface area contributed by atoms with Crippen LogP contribution in [0.4, 0.5) is 0 Å². The van der Waals surface area contributed by atoms with Crippen molar-refractivity contribution >= 4 is 22.7 Å². The first-order chi connectivity index (χ1) is 7.84. The number of thiophene rings is 2. The van der Waals surface area contributed by atoms with Gasteiger partial charge in [-0.1, -0.05) is 6.07 Å². The monoisotopic (exact) mass is 246 g/mol. The van der Waals surface area contributed by atoms with E-state index in [4.69, 9.17) is 0 Å². The molecule has 0 radical (unpaired) electrons. The predicted molar refractivity (Wildman–Crippen MR) is 70.0 cm³/mol. The average molecular weight is 246 g/mol. The second kappa shape index (κ2) is 3.88. The minimum Gasteiger partial charge on any atom is -0.341 e. The zero-order chi connectivity index (χ0) is 11.0. The van der Waals surface area contributed by atoms with Gasteiger partial charge >= 0.3 is 0 Å². The Labute approximate surface area is 102 Å². The minimum atomic E-state index is 0.966. The maximum Gasteiger partial charge on any atom is 0.148 e. The first-order valence-corrected chi connectivity index (χ1v) is 6.80. The molecule has 3 rings (SSSR count). The number of aryl methyl sites for hydroxylation is 1. The Morgan fingerprint density at radius 3 is 2.88 bits per heavy atom. The molecule has 3 heterocycles. The van der Waals surface area contributed by atoms with Gasteiger partial charge < -0.3 is 4.98 Å². The lowest BCUT2D eigenvalue weighted by Crippen LogP contribution is -1.76. The van der Waals surface area contributed by atoms with Crippen LogP contribution in [0.15, 0.2) is 34.3 Å². The van der Waals surface area contributed by atoms with Gasteiger partial charge in [0.25, 0.3) is 0 Å². The van der Waals surface area contributed by atoms with Crippen LogP contribution in [-0.4, -0.2) is 9.97 Å². The maximum atomic E-state index is 4.66. The van der Waals surface area contributed by atoms with E-state index in [0.29, 0.717) is 0 Å². The van der Waals surface area contributed by atoms with Crippen LogP contribution >= 0.6 is 22.7 Å². The Morgan fingerprint density at radius 2 is 2.19 bits per heavy atom. The molecule has 0 unspecified atom stereocenters. The Bertz CT molecular complexity index is 577. The van der Waals surface area contributed by atoms with Crippen molar-refractivity contribution in [2.24, 2.45) is 0 Å². The van der Waals surface area contributed by atoms with Gasteiger partial charge in [0.1, 0.15) is 5.82 Å². The van der Waals surface area contributed by atoms with Crippen molar-refractivity contribution in [1.29, 1.82) is 0 Å². The lowest BCUT2D eigenvalue weighted by Gasteiger charge is -1.90. The predicted octanol–water partition coefficient (Wildman–Crippen LogP) is 4.18.